The second-order valence-corrected chi connectivity index (χ2v) is 22.0. The van der Waals surface area contributed by atoms with Crippen molar-refractivity contribution in [2.75, 3.05) is 0 Å². The molecule has 1 aliphatic heterocycles. The van der Waals surface area contributed by atoms with Crippen LogP contribution in [0.4, 0.5) is 0 Å². The molecule has 1 aliphatic carbocycles. The molecule has 3 heteroatoms. The van der Waals surface area contributed by atoms with E-state index >= 15 is 0 Å². The minimum atomic E-state index is -2.34. The van der Waals surface area contributed by atoms with E-state index in [9.17, 15) is 4.79 Å². The number of esters is 1. The quantitative estimate of drug-likeness (QED) is 0.420. The average molecular weight is 329 g/mol. The topological polar surface area (TPSA) is 26.3 Å². The predicted octanol–water partition coefficient (Wildman–Crippen LogP) is 3.15. The first kappa shape index (κ1) is 12.5. The molecule has 0 N–H and O–H groups in total. The maximum atomic E-state index is 12.1. The van der Waals surface area contributed by atoms with Crippen LogP contribution in [0.2, 0.25) is 14.8 Å². The van der Waals surface area contributed by atoms with Crippen molar-refractivity contribution < 1.29 is 9.53 Å². The van der Waals surface area contributed by atoms with E-state index in [1.165, 1.54) is 0 Å². The number of hydrogen-bond donors (Lipinski definition) is 0. The van der Waals surface area contributed by atoms with Gasteiger partial charge in [-0.15, -0.1) is 0 Å². The predicted molar refractivity (Wildman–Crippen MR) is 67.8 cm³/mol. The van der Waals surface area contributed by atoms with E-state index < -0.39 is 18.4 Å². The monoisotopic (exact) mass is 330 g/mol. The van der Waals surface area contributed by atoms with Crippen molar-refractivity contribution in [1.29, 1.82) is 0 Å². The number of carbonyl (C=O) groups is 1. The number of fused-ring (bicyclic) bond motifs is 2. The summed E-state index contributed by atoms with van der Waals surface area (Å²) in [6.45, 7) is 8.48. The van der Waals surface area contributed by atoms with E-state index in [1.807, 2.05) is 0 Å². The van der Waals surface area contributed by atoms with Gasteiger partial charge in [0.1, 0.15) is 0 Å². The fraction of sp³-hybridized carbons (Fsp3) is 0.769. The number of hydrogen-bond acceptors (Lipinski definition) is 2. The average Bonchev–Trinajstić information content (AvgIpc) is 2.22. The van der Waals surface area contributed by atoms with Gasteiger partial charge in [0.15, 0.2) is 0 Å². The summed E-state index contributed by atoms with van der Waals surface area (Å²) in [6.07, 6.45) is 1.97. The molecule has 2 fully saturated rings. The van der Waals surface area contributed by atoms with Crippen LogP contribution in [-0.2, 0) is 9.53 Å². The van der Waals surface area contributed by atoms with Crippen LogP contribution in [0, 0.1) is 11.3 Å². The van der Waals surface area contributed by atoms with Crippen LogP contribution in [0.25, 0.3) is 0 Å². The van der Waals surface area contributed by atoms with Gasteiger partial charge >= 0.3 is 102 Å². The summed E-state index contributed by atoms with van der Waals surface area (Å²) in [5.41, 5.74) is 1.03. The van der Waals surface area contributed by atoms with Gasteiger partial charge in [-0.1, -0.05) is 0 Å². The molecule has 2 nitrogen and oxygen atoms in total. The van der Waals surface area contributed by atoms with Gasteiger partial charge in [0.05, 0.1) is 0 Å². The molecular weight excluding hydrogens is 307 g/mol. The van der Waals surface area contributed by atoms with Gasteiger partial charge in [0, 0.05) is 0 Å². The molecule has 0 radical (unpaired) electrons. The molecule has 0 spiro atoms. The standard InChI is InChI=1S/C10H13O2.3CH3.Sn/c1-6-4-5-7-10(2,3)8(6)9(11)12-7;;;;/h8H,1,4-5H2,2-3H3;3*1H3;/t8-;;;;/m0..../s1. The second-order valence-electron chi connectivity index (χ2n) is 6.81. The van der Waals surface area contributed by atoms with E-state index in [2.05, 4.69) is 35.2 Å². The van der Waals surface area contributed by atoms with Gasteiger partial charge in [0.25, 0.3) is 0 Å². The molecule has 0 aromatic heterocycles. The Morgan fingerprint density at radius 2 is 1.94 bits per heavy atom. The minimum absolute atomic E-state index is 0.0147. The molecule has 0 aromatic carbocycles. The molecule has 0 amide bonds. The van der Waals surface area contributed by atoms with E-state index in [1.54, 1.807) is 0 Å². The molecule has 2 atom stereocenters. The van der Waals surface area contributed by atoms with Crippen LogP contribution in [0.3, 0.4) is 0 Å². The molecule has 1 saturated carbocycles. The molecular formula is C13H22O2Sn. The Bertz CT molecular complexity index is 365. The van der Waals surface area contributed by atoms with Gasteiger partial charge in [-0.25, -0.2) is 0 Å². The van der Waals surface area contributed by atoms with Crippen molar-refractivity contribution in [2.45, 2.75) is 45.1 Å². The maximum absolute atomic E-state index is 12.1. The Labute approximate surface area is 102 Å². The van der Waals surface area contributed by atoms with E-state index in [0.29, 0.717) is 0 Å². The SMILES string of the molecule is C=C1CC[C@]2([Sn]([CH3])([CH3])[CH3])OC(=O)[C@H]1C2(C)C. The molecule has 0 unspecified atom stereocenters. The molecule has 2 bridgehead atoms. The summed E-state index contributed by atoms with van der Waals surface area (Å²) in [4.78, 5) is 19.2. The van der Waals surface area contributed by atoms with E-state index in [0.717, 1.165) is 18.4 Å². The van der Waals surface area contributed by atoms with Crippen molar-refractivity contribution in [1.82, 2.24) is 0 Å². The molecule has 2 rings (SSSR count). The fourth-order valence-corrected chi connectivity index (χ4v) is 13.5. The Balaban J connectivity index is 2.58. The van der Waals surface area contributed by atoms with Gasteiger partial charge < -0.3 is 0 Å². The normalized spacial score (nSPS) is 37.4. The first-order valence-electron chi connectivity index (χ1n) is 6.04. The summed E-state index contributed by atoms with van der Waals surface area (Å²) in [5.74, 6) is -0.0729. The van der Waals surface area contributed by atoms with Crippen LogP contribution in [0.15, 0.2) is 12.2 Å². The van der Waals surface area contributed by atoms with Crippen molar-refractivity contribution in [2.24, 2.45) is 11.3 Å². The van der Waals surface area contributed by atoms with Crippen LogP contribution >= 0.6 is 0 Å². The third kappa shape index (κ3) is 1.28. The Hall–Kier alpha value is 0.00870. The molecule has 0 aromatic rings. The van der Waals surface area contributed by atoms with Gasteiger partial charge in [-0.05, 0) is 0 Å². The summed E-state index contributed by atoms with van der Waals surface area (Å²) in [5, 5.41) is 0. The Morgan fingerprint density at radius 1 is 1.38 bits per heavy atom. The van der Waals surface area contributed by atoms with Crippen LogP contribution < -0.4 is 0 Å². The molecule has 16 heavy (non-hydrogen) atoms. The molecule has 1 heterocycles. The number of carbonyl (C=O) groups excluding carboxylic acids is 1. The Kier molecular flexibility index (Phi) is 2.55. The third-order valence-corrected chi connectivity index (χ3v) is 14.5. The molecule has 90 valence electrons. The van der Waals surface area contributed by atoms with Crippen molar-refractivity contribution in [3.05, 3.63) is 12.2 Å². The summed E-state index contributed by atoms with van der Waals surface area (Å²) >= 11 is -2.34. The summed E-state index contributed by atoms with van der Waals surface area (Å²) in [6, 6.07) is 0. The van der Waals surface area contributed by atoms with Gasteiger partial charge in [0.2, 0.25) is 0 Å². The van der Waals surface area contributed by atoms with E-state index in [4.69, 9.17) is 4.74 Å². The van der Waals surface area contributed by atoms with Crippen molar-refractivity contribution >= 4 is 24.3 Å². The summed E-state index contributed by atoms with van der Waals surface area (Å²) < 4.78 is 5.80. The second kappa shape index (κ2) is 3.27. The van der Waals surface area contributed by atoms with Gasteiger partial charge in [-0.2, -0.15) is 0 Å². The summed E-state index contributed by atoms with van der Waals surface area (Å²) in [7, 11) is 0. The zero-order chi connectivity index (χ0) is 12.4. The number of rotatable bonds is 1. The van der Waals surface area contributed by atoms with Crippen molar-refractivity contribution in [3.8, 4) is 0 Å². The van der Waals surface area contributed by atoms with Gasteiger partial charge in [-0.3, -0.25) is 0 Å². The Morgan fingerprint density at radius 3 is 2.44 bits per heavy atom. The van der Waals surface area contributed by atoms with Crippen molar-refractivity contribution in [3.63, 3.8) is 0 Å². The fourth-order valence-electron chi connectivity index (χ4n) is 3.92. The third-order valence-electron chi connectivity index (χ3n) is 4.69. The zero-order valence-corrected chi connectivity index (χ0v) is 13.9. The van der Waals surface area contributed by atoms with Crippen LogP contribution in [-0.4, -0.2) is 28.0 Å². The first-order chi connectivity index (χ1) is 7.13. The van der Waals surface area contributed by atoms with E-state index in [-0.39, 0.29) is 20.9 Å². The zero-order valence-electron chi connectivity index (χ0n) is 11.0. The molecule has 2 aliphatic rings. The van der Waals surface area contributed by atoms with Crippen LogP contribution in [0.5, 0.6) is 0 Å². The molecule has 1 saturated heterocycles. The first-order valence-corrected chi connectivity index (χ1v) is 16.0. The number of ether oxygens (including phenoxy) is 1. The van der Waals surface area contributed by atoms with Crippen LogP contribution in [0.1, 0.15) is 26.7 Å².